The zero-order chi connectivity index (χ0) is 34.8. The van der Waals surface area contributed by atoms with E-state index in [4.69, 9.17) is 0 Å². The monoisotopic (exact) mass is 629 g/mol. The fraction of sp³-hybridized carbons (Fsp3) is 1.00. The van der Waals surface area contributed by atoms with Gasteiger partial charge in [0.2, 0.25) is 0 Å². The van der Waals surface area contributed by atoms with Crippen molar-refractivity contribution in [2.24, 2.45) is 29.6 Å². The highest BCUT2D eigenvalue weighted by Gasteiger charge is 2.17. The third kappa shape index (κ3) is 30.5. The summed E-state index contributed by atoms with van der Waals surface area (Å²) in [6.45, 7) is 43.3. The van der Waals surface area contributed by atoms with Gasteiger partial charge in [0.05, 0.1) is 0 Å². The van der Waals surface area contributed by atoms with Crippen LogP contribution in [0.25, 0.3) is 0 Å². The number of nitrogens with one attached hydrogen (secondary N) is 3. The molecule has 4 aliphatic heterocycles. The van der Waals surface area contributed by atoms with Gasteiger partial charge in [-0.25, -0.2) is 0 Å². The molecule has 0 amide bonds. The Bertz CT molecular complexity index is 380. The van der Waals surface area contributed by atoms with Gasteiger partial charge in [-0.1, -0.05) is 110 Å². The summed E-state index contributed by atoms with van der Waals surface area (Å²) in [5.74, 6) is 4.53. The lowest BCUT2D eigenvalue weighted by Crippen LogP contribution is -2.37. The Morgan fingerprint density at radius 2 is 0.977 bits per heavy atom. The van der Waals surface area contributed by atoms with Crippen LogP contribution in [-0.2, 0) is 0 Å². The summed E-state index contributed by atoms with van der Waals surface area (Å²) < 4.78 is 0. The number of nitrogens with zero attached hydrogens (tertiary/aromatic N) is 1. The maximum absolute atomic E-state index is 3.52. The first-order valence-corrected chi connectivity index (χ1v) is 20.1. The second-order valence-corrected chi connectivity index (χ2v) is 13.2. The van der Waals surface area contributed by atoms with E-state index in [0.29, 0.717) is 0 Å². The average Bonchev–Trinajstić information content (AvgIpc) is 3.11. The quantitative estimate of drug-likeness (QED) is 0.290. The van der Waals surface area contributed by atoms with Crippen molar-refractivity contribution in [2.45, 2.75) is 187 Å². The van der Waals surface area contributed by atoms with Crippen LogP contribution in [0.1, 0.15) is 175 Å². The maximum atomic E-state index is 3.52. The van der Waals surface area contributed by atoms with Crippen LogP contribution in [-0.4, -0.2) is 62.8 Å². The SMILES string of the molecule is CC.CC.CC.CC.CC(C)C1CCCCN1.CC(C)C1CCCNC1.CC(C)C1CCNCC1.CC(C)N1CCCCC1. The summed E-state index contributed by atoms with van der Waals surface area (Å²) in [7, 11) is 0. The largest absolute Gasteiger partial charge is 0.317 e. The van der Waals surface area contributed by atoms with Crippen LogP contribution in [0.2, 0.25) is 0 Å². The third-order valence-corrected chi connectivity index (χ3v) is 8.88. The second-order valence-electron chi connectivity index (χ2n) is 13.2. The first-order chi connectivity index (χ1) is 21.2. The minimum absolute atomic E-state index is 0.769. The second kappa shape index (κ2) is 39.0. The van der Waals surface area contributed by atoms with Gasteiger partial charge in [0.15, 0.2) is 0 Å². The van der Waals surface area contributed by atoms with E-state index in [0.717, 1.165) is 41.7 Å². The maximum Gasteiger partial charge on any atom is 0.00900 e. The van der Waals surface area contributed by atoms with Gasteiger partial charge in [0, 0.05) is 12.1 Å². The molecule has 4 fully saturated rings. The summed E-state index contributed by atoms with van der Waals surface area (Å²) in [4.78, 5) is 2.56. The molecule has 4 rings (SSSR count). The molecule has 0 aromatic carbocycles. The predicted octanol–water partition coefficient (Wildman–Crippen LogP) is 11.1. The molecule has 4 heteroatoms. The summed E-state index contributed by atoms with van der Waals surface area (Å²) in [5.41, 5.74) is 0. The molecular formula is C40H92N4. The summed E-state index contributed by atoms with van der Waals surface area (Å²) >= 11 is 0. The Morgan fingerprint density at radius 3 is 1.25 bits per heavy atom. The minimum atomic E-state index is 0.769. The third-order valence-electron chi connectivity index (χ3n) is 8.88. The van der Waals surface area contributed by atoms with E-state index in [1.807, 2.05) is 55.4 Å². The highest BCUT2D eigenvalue weighted by Crippen LogP contribution is 2.20. The zero-order valence-corrected chi connectivity index (χ0v) is 34.0. The normalized spacial score (nSPS) is 21.8. The fourth-order valence-corrected chi connectivity index (χ4v) is 5.84. The summed E-state index contributed by atoms with van der Waals surface area (Å²) in [5, 5.41) is 10.3. The number of rotatable bonds is 4. The van der Waals surface area contributed by atoms with E-state index in [1.54, 1.807) is 0 Å². The van der Waals surface area contributed by atoms with E-state index in [-0.39, 0.29) is 0 Å². The molecule has 2 atom stereocenters. The molecule has 0 bridgehead atoms. The predicted molar refractivity (Wildman–Crippen MR) is 207 cm³/mol. The highest BCUT2D eigenvalue weighted by atomic mass is 15.1. The Kier molecular flexibility index (Phi) is 45.0. The van der Waals surface area contributed by atoms with Crippen LogP contribution in [0.4, 0.5) is 0 Å². The van der Waals surface area contributed by atoms with Crippen molar-refractivity contribution >= 4 is 0 Å². The van der Waals surface area contributed by atoms with Crippen molar-refractivity contribution in [3.8, 4) is 0 Å². The molecule has 0 aromatic rings. The minimum Gasteiger partial charge on any atom is -0.317 e. The van der Waals surface area contributed by atoms with E-state index in [2.05, 4.69) is 76.2 Å². The molecule has 2 unspecified atom stereocenters. The smallest absolute Gasteiger partial charge is 0.00900 e. The molecule has 0 aromatic heterocycles. The molecule has 4 saturated heterocycles. The number of hydrogen-bond donors (Lipinski definition) is 3. The molecule has 4 heterocycles. The molecule has 0 saturated carbocycles. The van der Waals surface area contributed by atoms with E-state index < -0.39 is 0 Å². The molecule has 0 radical (unpaired) electrons. The number of likely N-dealkylation sites (tertiary alicyclic amines) is 1. The lowest BCUT2D eigenvalue weighted by molar-refractivity contribution is 0.185. The van der Waals surface area contributed by atoms with Gasteiger partial charge in [0.1, 0.15) is 0 Å². The van der Waals surface area contributed by atoms with Crippen molar-refractivity contribution < 1.29 is 0 Å². The molecule has 0 spiro atoms. The lowest BCUT2D eigenvalue weighted by atomic mass is 9.87. The first kappa shape index (κ1) is 50.7. The molecule has 4 aliphatic rings. The Morgan fingerprint density at radius 1 is 0.455 bits per heavy atom. The highest BCUT2D eigenvalue weighted by molar-refractivity contribution is 4.74. The van der Waals surface area contributed by atoms with Crippen molar-refractivity contribution in [1.29, 1.82) is 0 Å². The van der Waals surface area contributed by atoms with Gasteiger partial charge >= 0.3 is 0 Å². The van der Waals surface area contributed by atoms with Crippen LogP contribution >= 0.6 is 0 Å². The molecule has 3 N–H and O–H groups in total. The van der Waals surface area contributed by atoms with Gasteiger partial charge in [0.25, 0.3) is 0 Å². The van der Waals surface area contributed by atoms with Crippen molar-refractivity contribution in [2.75, 3.05) is 45.8 Å². The Balaban J connectivity index is -0.000000225. The number of hydrogen-bond acceptors (Lipinski definition) is 4. The van der Waals surface area contributed by atoms with E-state index in [1.165, 1.54) is 110 Å². The average molecular weight is 629 g/mol. The van der Waals surface area contributed by atoms with Gasteiger partial charge in [-0.3, -0.25) is 0 Å². The van der Waals surface area contributed by atoms with Gasteiger partial charge in [-0.15, -0.1) is 0 Å². The van der Waals surface area contributed by atoms with Gasteiger partial charge < -0.3 is 20.9 Å². The van der Waals surface area contributed by atoms with Gasteiger partial charge in [-0.2, -0.15) is 0 Å². The summed E-state index contributed by atoms with van der Waals surface area (Å²) in [6.07, 6.45) is 14.1. The van der Waals surface area contributed by atoms with Crippen molar-refractivity contribution in [3.63, 3.8) is 0 Å². The molecule has 272 valence electrons. The van der Waals surface area contributed by atoms with E-state index >= 15 is 0 Å². The standard InChI is InChI=1S/4C8H17N.4C2H6/c1-7(2)8-3-5-9-6-4-8;1-7(2)8-4-3-5-9-6-8;1-8(2)9-6-4-3-5-7-9;1-7(2)8-5-3-4-6-9-8;4*1-2/h2*7-9H,3-6H2,1-2H3;8H,3-7H2,1-2H3;7-9H,3-6H2,1-2H3;4*1-2H3. The molecule has 44 heavy (non-hydrogen) atoms. The lowest BCUT2D eigenvalue weighted by Gasteiger charge is -2.29. The van der Waals surface area contributed by atoms with Crippen LogP contribution in [0.3, 0.4) is 0 Å². The molecular weight excluding hydrogens is 536 g/mol. The zero-order valence-electron chi connectivity index (χ0n) is 34.0. The van der Waals surface area contributed by atoms with Crippen molar-refractivity contribution in [1.82, 2.24) is 20.9 Å². The first-order valence-electron chi connectivity index (χ1n) is 20.1. The Hall–Kier alpha value is -0.160. The van der Waals surface area contributed by atoms with Crippen LogP contribution in [0, 0.1) is 29.6 Å². The topological polar surface area (TPSA) is 39.3 Å². The Labute approximate surface area is 282 Å². The van der Waals surface area contributed by atoms with Crippen LogP contribution in [0.15, 0.2) is 0 Å². The molecule has 4 nitrogen and oxygen atoms in total. The summed E-state index contributed by atoms with van der Waals surface area (Å²) in [6, 6.07) is 1.57. The molecule has 0 aliphatic carbocycles. The fourth-order valence-electron chi connectivity index (χ4n) is 5.84. The van der Waals surface area contributed by atoms with Gasteiger partial charge in [-0.05, 0) is 141 Å². The van der Waals surface area contributed by atoms with Crippen LogP contribution < -0.4 is 16.0 Å². The van der Waals surface area contributed by atoms with Crippen molar-refractivity contribution in [3.05, 3.63) is 0 Å². The number of piperidine rings is 4. The van der Waals surface area contributed by atoms with E-state index in [9.17, 15) is 0 Å². The van der Waals surface area contributed by atoms with Crippen LogP contribution in [0.5, 0.6) is 0 Å².